The standard InChI is InChI=1S/C28H31NO3/c1-5-32-27(31)26-22(15-18-9-7-6-8-10-18)25-23(29-26)16-20(17-24(25)30)19-11-13-21(14-12-19)28(2,3)4/h6-14,20,29H,5,15-17H2,1-4H3/t20-/m0/s1. The van der Waals surface area contributed by atoms with Gasteiger partial charge in [-0.15, -0.1) is 0 Å². The van der Waals surface area contributed by atoms with Gasteiger partial charge >= 0.3 is 5.97 Å². The summed E-state index contributed by atoms with van der Waals surface area (Å²) in [7, 11) is 0. The summed E-state index contributed by atoms with van der Waals surface area (Å²) in [6.45, 7) is 8.68. The van der Waals surface area contributed by atoms with Crippen molar-refractivity contribution in [2.75, 3.05) is 6.61 Å². The Hall–Kier alpha value is -3.14. The highest BCUT2D eigenvalue weighted by molar-refractivity contribution is 6.04. The number of aromatic nitrogens is 1. The van der Waals surface area contributed by atoms with Crippen molar-refractivity contribution in [2.45, 2.75) is 58.3 Å². The summed E-state index contributed by atoms with van der Waals surface area (Å²) < 4.78 is 5.29. The minimum Gasteiger partial charge on any atom is -0.461 e. The molecule has 0 unspecified atom stereocenters. The molecule has 166 valence electrons. The normalized spacial score (nSPS) is 16.0. The maximum atomic E-state index is 13.3. The van der Waals surface area contributed by atoms with Crippen molar-refractivity contribution in [3.05, 3.63) is 93.8 Å². The Morgan fingerprint density at radius 2 is 1.72 bits per heavy atom. The molecule has 0 saturated heterocycles. The molecular weight excluding hydrogens is 398 g/mol. The number of rotatable bonds is 5. The third-order valence-electron chi connectivity index (χ3n) is 6.29. The van der Waals surface area contributed by atoms with E-state index in [0.717, 1.165) is 22.4 Å². The Balaban J connectivity index is 1.69. The van der Waals surface area contributed by atoms with Crippen molar-refractivity contribution in [1.29, 1.82) is 0 Å². The molecule has 0 radical (unpaired) electrons. The second-order valence-corrected chi connectivity index (χ2v) is 9.62. The highest BCUT2D eigenvalue weighted by atomic mass is 16.5. The van der Waals surface area contributed by atoms with E-state index in [1.165, 1.54) is 5.56 Å². The van der Waals surface area contributed by atoms with Gasteiger partial charge in [-0.1, -0.05) is 75.4 Å². The van der Waals surface area contributed by atoms with Gasteiger partial charge in [0.25, 0.3) is 0 Å². The lowest BCUT2D eigenvalue weighted by Gasteiger charge is -2.24. The van der Waals surface area contributed by atoms with Crippen LogP contribution in [0.15, 0.2) is 54.6 Å². The number of Topliss-reactive ketones (excluding diaryl/α,β-unsaturated/α-hetero) is 1. The largest absolute Gasteiger partial charge is 0.461 e. The quantitative estimate of drug-likeness (QED) is 0.507. The summed E-state index contributed by atoms with van der Waals surface area (Å²) in [5.41, 5.74) is 6.29. The van der Waals surface area contributed by atoms with Gasteiger partial charge in [0, 0.05) is 24.1 Å². The van der Waals surface area contributed by atoms with Crippen molar-refractivity contribution in [1.82, 2.24) is 4.98 Å². The molecule has 0 bridgehead atoms. The number of aromatic amines is 1. The molecule has 4 nitrogen and oxygen atoms in total. The molecule has 0 aliphatic heterocycles. The number of carbonyl (C=O) groups is 2. The van der Waals surface area contributed by atoms with Crippen LogP contribution in [0.4, 0.5) is 0 Å². The van der Waals surface area contributed by atoms with E-state index < -0.39 is 5.97 Å². The number of benzene rings is 2. The van der Waals surface area contributed by atoms with Crippen molar-refractivity contribution in [3.8, 4) is 0 Å². The van der Waals surface area contributed by atoms with Crippen LogP contribution in [0.2, 0.25) is 0 Å². The zero-order chi connectivity index (χ0) is 22.9. The fraction of sp³-hybridized carbons (Fsp3) is 0.357. The predicted octanol–water partition coefficient (Wildman–Crippen LogP) is 5.99. The van der Waals surface area contributed by atoms with Gasteiger partial charge in [0.15, 0.2) is 5.78 Å². The van der Waals surface area contributed by atoms with Crippen molar-refractivity contribution < 1.29 is 14.3 Å². The van der Waals surface area contributed by atoms with Gasteiger partial charge in [-0.3, -0.25) is 4.79 Å². The molecule has 4 heteroatoms. The lowest BCUT2D eigenvalue weighted by molar-refractivity contribution is 0.0519. The highest BCUT2D eigenvalue weighted by Gasteiger charge is 2.33. The fourth-order valence-electron chi connectivity index (χ4n) is 4.58. The van der Waals surface area contributed by atoms with Gasteiger partial charge in [0.2, 0.25) is 0 Å². The van der Waals surface area contributed by atoms with E-state index in [1.54, 1.807) is 6.92 Å². The smallest absolute Gasteiger partial charge is 0.355 e. The van der Waals surface area contributed by atoms with Crippen LogP contribution in [0.1, 0.15) is 88.8 Å². The molecular formula is C28H31NO3. The number of fused-ring (bicyclic) bond motifs is 1. The first-order chi connectivity index (χ1) is 15.3. The van der Waals surface area contributed by atoms with E-state index in [4.69, 9.17) is 4.74 Å². The molecule has 1 heterocycles. The minimum atomic E-state index is -0.397. The summed E-state index contributed by atoms with van der Waals surface area (Å²) in [5.74, 6) is -0.206. The maximum Gasteiger partial charge on any atom is 0.355 e. The Morgan fingerprint density at radius 1 is 1.03 bits per heavy atom. The third kappa shape index (κ3) is 4.40. The summed E-state index contributed by atoms with van der Waals surface area (Å²) >= 11 is 0. The molecule has 1 aliphatic rings. The van der Waals surface area contributed by atoms with Crippen LogP contribution in [0, 0.1) is 0 Å². The third-order valence-corrected chi connectivity index (χ3v) is 6.29. The molecule has 4 rings (SSSR count). The van der Waals surface area contributed by atoms with Crippen LogP contribution in [-0.2, 0) is 23.0 Å². The Bertz CT molecular complexity index is 1120. The Morgan fingerprint density at radius 3 is 2.34 bits per heavy atom. The summed E-state index contributed by atoms with van der Waals surface area (Å²) in [6, 6.07) is 18.5. The molecule has 0 fully saturated rings. The summed E-state index contributed by atoms with van der Waals surface area (Å²) in [5, 5.41) is 0. The SMILES string of the molecule is CCOC(=O)c1[nH]c2c(c1Cc1ccccc1)C(=O)C[C@@H](c1ccc(C(C)(C)C)cc1)C2. The van der Waals surface area contributed by atoms with Gasteiger partial charge in [0.1, 0.15) is 5.69 Å². The molecule has 1 N–H and O–H groups in total. The van der Waals surface area contributed by atoms with E-state index in [2.05, 4.69) is 50.0 Å². The molecule has 2 aromatic carbocycles. The number of esters is 1. The van der Waals surface area contributed by atoms with Gasteiger partial charge in [-0.2, -0.15) is 0 Å². The van der Waals surface area contributed by atoms with E-state index in [1.807, 2.05) is 30.3 Å². The number of carbonyl (C=O) groups excluding carboxylic acids is 2. The molecule has 0 saturated carbocycles. The van der Waals surface area contributed by atoms with Gasteiger partial charge in [-0.05, 0) is 46.9 Å². The Labute approximate surface area is 190 Å². The zero-order valence-electron chi connectivity index (χ0n) is 19.3. The summed E-state index contributed by atoms with van der Waals surface area (Å²) in [4.78, 5) is 29.3. The second kappa shape index (κ2) is 8.78. The number of ketones is 1. The van der Waals surface area contributed by atoms with Crippen LogP contribution in [0.25, 0.3) is 0 Å². The molecule has 1 aliphatic carbocycles. The van der Waals surface area contributed by atoms with Crippen LogP contribution < -0.4 is 0 Å². The fourth-order valence-corrected chi connectivity index (χ4v) is 4.58. The average Bonchev–Trinajstić information content (AvgIpc) is 3.13. The van der Waals surface area contributed by atoms with E-state index in [0.29, 0.717) is 37.1 Å². The number of H-pyrrole nitrogens is 1. The van der Waals surface area contributed by atoms with Crippen LogP contribution in [0.5, 0.6) is 0 Å². The molecule has 1 aromatic heterocycles. The number of hydrogen-bond donors (Lipinski definition) is 1. The Kier molecular flexibility index (Phi) is 6.05. The number of hydrogen-bond acceptors (Lipinski definition) is 3. The van der Waals surface area contributed by atoms with Gasteiger partial charge in [0.05, 0.1) is 6.61 Å². The van der Waals surface area contributed by atoms with Crippen LogP contribution in [-0.4, -0.2) is 23.3 Å². The van der Waals surface area contributed by atoms with Gasteiger partial charge < -0.3 is 9.72 Å². The van der Waals surface area contributed by atoms with Crippen molar-refractivity contribution in [3.63, 3.8) is 0 Å². The van der Waals surface area contributed by atoms with Gasteiger partial charge in [-0.25, -0.2) is 4.79 Å². The van der Waals surface area contributed by atoms with Crippen molar-refractivity contribution >= 4 is 11.8 Å². The van der Waals surface area contributed by atoms with Crippen LogP contribution in [0.3, 0.4) is 0 Å². The highest BCUT2D eigenvalue weighted by Crippen LogP contribution is 2.37. The maximum absolute atomic E-state index is 13.3. The molecule has 0 amide bonds. The molecule has 1 atom stereocenters. The topological polar surface area (TPSA) is 59.2 Å². The average molecular weight is 430 g/mol. The van der Waals surface area contributed by atoms with E-state index in [-0.39, 0.29) is 17.1 Å². The molecule has 0 spiro atoms. The minimum absolute atomic E-state index is 0.0916. The first-order valence-corrected chi connectivity index (χ1v) is 11.4. The lowest BCUT2D eigenvalue weighted by Crippen LogP contribution is -2.19. The second-order valence-electron chi connectivity index (χ2n) is 9.62. The van der Waals surface area contributed by atoms with Crippen LogP contribution >= 0.6 is 0 Å². The van der Waals surface area contributed by atoms with Crippen molar-refractivity contribution in [2.24, 2.45) is 0 Å². The lowest BCUT2D eigenvalue weighted by atomic mass is 9.79. The monoisotopic (exact) mass is 429 g/mol. The van der Waals surface area contributed by atoms with E-state index >= 15 is 0 Å². The zero-order valence-corrected chi connectivity index (χ0v) is 19.3. The molecule has 32 heavy (non-hydrogen) atoms. The number of nitrogens with one attached hydrogen (secondary N) is 1. The predicted molar refractivity (Wildman–Crippen MR) is 127 cm³/mol. The summed E-state index contributed by atoms with van der Waals surface area (Å²) in [6.07, 6.45) is 1.68. The molecule has 3 aromatic rings. The first-order valence-electron chi connectivity index (χ1n) is 11.4. The number of ether oxygens (including phenoxy) is 1. The van der Waals surface area contributed by atoms with E-state index in [9.17, 15) is 9.59 Å². The first kappa shape index (κ1) is 22.1.